The lowest BCUT2D eigenvalue weighted by Crippen LogP contribution is -2.53. The summed E-state index contributed by atoms with van der Waals surface area (Å²) >= 11 is 0. The third-order valence-corrected chi connectivity index (χ3v) is 3.53. The molecule has 6 nitrogen and oxygen atoms in total. The van der Waals surface area contributed by atoms with E-state index in [-0.39, 0.29) is 18.7 Å². The van der Waals surface area contributed by atoms with Crippen molar-refractivity contribution in [3.05, 3.63) is 12.7 Å². The van der Waals surface area contributed by atoms with Crippen LogP contribution in [0.3, 0.4) is 0 Å². The van der Waals surface area contributed by atoms with E-state index in [1.54, 1.807) is 11.0 Å². The Morgan fingerprint density at radius 1 is 1.41 bits per heavy atom. The number of nitrogens with one attached hydrogen (secondary N) is 1. The maximum absolute atomic E-state index is 12.1. The zero-order valence-corrected chi connectivity index (χ0v) is 14.1. The van der Waals surface area contributed by atoms with Crippen LogP contribution in [-0.4, -0.2) is 48.4 Å². The molecule has 1 aliphatic heterocycles. The molecule has 1 heterocycles. The molecule has 2 atom stereocenters. The van der Waals surface area contributed by atoms with Gasteiger partial charge in [0.1, 0.15) is 12.2 Å². The highest BCUT2D eigenvalue weighted by molar-refractivity contribution is 5.69. The first-order valence-electron chi connectivity index (χ1n) is 7.75. The Morgan fingerprint density at radius 3 is 2.68 bits per heavy atom. The monoisotopic (exact) mass is 312 g/mol. The largest absolute Gasteiger partial charge is 0.445 e. The second-order valence-electron chi connectivity index (χ2n) is 6.63. The maximum Gasteiger partial charge on any atom is 0.410 e. The van der Waals surface area contributed by atoms with E-state index in [4.69, 9.17) is 9.47 Å². The molecular formula is C16H28N2O4. The van der Waals surface area contributed by atoms with Crippen molar-refractivity contribution in [1.29, 1.82) is 0 Å². The topological polar surface area (TPSA) is 67.9 Å². The molecule has 1 unspecified atom stereocenters. The molecule has 0 bridgehead atoms. The molecule has 2 amide bonds. The van der Waals surface area contributed by atoms with Gasteiger partial charge in [-0.25, -0.2) is 9.59 Å². The normalized spacial score (nSPS) is 21.9. The Morgan fingerprint density at radius 2 is 2.09 bits per heavy atom. The Labute approximate surface area is 132 Å². The fourth-order valence-electron chi connectivity index (χ4n) is 2.50. The van der Waals surface area contributed by atoms with E-state index in [9.17, 15) is 9.59 Å². The van der Waals surface area contributed by atoms with Gasteiger partial charge < -0.3 is 19.7 Å². The van der Waals surface area contributed by atoms with E-state index in [0.29, 0.717) is 19.0 Å². The summed E-state index contributed by atoms with van der Waals surface area (Å²) in [6.45, 7) is 12.2. The second-order valence-corrected chi connectivity index (χ2v) is 6.63. The van der Waals surface area contributed by atoms with E-state index in [2.05, 4.69) is 18.8 Å². The molecule has 1 fully saturated rings. The summed E-state index contributed by atoms with van der Waals surface area (Å²) in [6.07, 6.45) is 2.67. The van der Waals surface area contributed by atoms with Gasteiger partial charge in [0.25, 0.3) is 0 Å². The third kappa shape index (κ3) is 5.95. The molecule has 126 valence electrons. The van der Waals surface area contributed by atoms with Gasteiger partial charge in [-0.3, -0.25) is 0 Å². The smallest absolute Gasteiger partial charge is 0.410 e. The first-order valence-corrected chi connectivity index (χ1v) is 7.75. The SMILES string of the molecule is C=CCOC(=O)N1CCCC(C)[C@H]1CNC(=O)OC(C)(C)C. The molecule has 0 aliphatic carbocycles. The van der Waals surface area contributed by atoms with Gasteiger partial charge in [0.05, 0.1) is 6.04 Å². The number of carbonyl (C=O) groups excluding carboxylic acids is 2. The quantitative estimate of drug-likeness (QED) is 0.810. The molecule has 1 aliphatic rings. The van der Waals surface area contributed by atoms with Crippen LogP contribution in [0.4, 0.5) is 9.59 Å². The summed E-state index contributed by atoms with van der Waals surface area (Å²) in [7, 11) is 0. The third-order valence-electron chi connectivity index (χ3n) is 3.53. The minimum absolute atomic E-state index is 0.0846. The van der Waals surface area contributed by atoms with Gasteiger partial charge in [0.15, 0.2) is 0 Å². The van der Waals surface area contributed by atoms with Gasteiger partial charge in [0, 0.05) is 13.1 Å². The van der Waals surface area contributed by atoms with E-state index in [1.807, 2.05) is 20.8 Å². The summed E-state index contributed by atoms with van der Waals surface area (Å²) in [5, 5.41) is 2.75. The number of likely N-dealkylation sites (tertiary alicyclic amines) is 1. The fourth-order valence-corrected chi connectivity index (χ4v) is 2.50. The summed E-state index contributed by atoms with van der Waals surface area (Å²) in [4.78, 5) is 25.6. The van der Waals surface area contributed by atoms with Crippen LogP contribution in [0.25, 0.3) is 0 Å². The van der Waals surface area contributed by atoms with Gasteiger partial charge in [-0.05, 0) is 39.5 Å². The lowest BCUT2D eigenvalue weighted by atomic mass is 9.91. The molecule has 0 aromatic carbocycles. The summed E-state index contributed by atoms with van der Waals surface area (Å²) in [5.41, 5.74) is -0.537. The molecule has 6 heteroatoms. The Hall–Kier alpha value is -1.72. The molecular weight excluding hydrogens is 284 g/mol. The zero-order chi connectivity index (χ0) is 16.8. The van der Waals surface area contributed by atoms with Gasteiger partial charge in [-0.2, -0.15) is 0 Å². The average Bonchev–Trinajstić information content (AvgIpc) is 2.41. The van der Waals surface area contributed by atoms with Crippen LogP contribution >= 0.6 is 0 Å². The van der Waals surface area contributed by atoms with E-state index >= 15 is 0 Å². The van der Waals surface area contributed by atoms with Crippen molar-refractivity contribution in [2.45, 2.75) is 52.2 Å². The second kappa shape index (κ2) is 8.06. The van der Waals surface area contributed by atoms with E-state index < -0.39 is 11.7 Å². The summed E-state index contributed by atoms with van der Waals surface area (Å²) < 4.78 is 10.3. The maximum atomic E-state index is 12.1. The molecule has 0 aromatic rings. The number of alkyl carbamates (subject to hydrolysis) is 1. The zero-order valence-electron chi connectivity index (χ0n) is 14.1. The molecule has 0 radical (unpaired) electrons. The highest BCUT2D eigenvalue weighted by atomic mass is 16.6. The number of hydrogen-bond donors (Lipinski definition) is 1. The Kier molecular flexibility index (Phi) is 6.71. The Bertz CT molecular complexity index is 403. The highest BCUT2D eigenvalue weighted by Crippen LogP contribution is 2.23. The van der Waals surface area contributed by atoms with Gasteiger partial charge in [-0.1, -0.05) is 19.6 Å². The van der Waals surface area contributed by atoms with Crippen LogP contribution in [0.5, 0.6) is 0 Å². The molecule has 0 aromatic heterocycles. The van der Waals surface area contributed by atoms with E-state index in [1.165, 1.54) is 0 Å². The average molecular weight is 312 g/mol. The molecule has 0 saturated carbocycles. The predicted molar refractivity (Wildman–Crippen MR) is 84.7 cm³/mol. The molecule has 1 N–H and O–H groups in total. The molecule has 0 spiro atoms. The number of piperidine rings is 1. The van der Waals surface area contributed by atoms with Crippen LogP contribution in [-0.2, 0) is 9.47 Å². The minimum atomic E-state index is -0.537. The lowest BCUT2D eigenvalue weighted by molar-refractivity contribution is 0.0425. The molecule has 1 rings (SSSR count). The highest BCUT2D eigenvalue weighted by Gasteiger charge is 2.33. The van der Waals surface area contributed by atoms with Crippen LogP contribution in [0.15, 0.2) is 12.7 Å². The minimum Gasteiger partial charge on any atom is -0.445 e. The van der Waals surface area contributed by atoms with Crippen molar-refractivity contribution >= 4 is 12.2 Å². The first kappa shape index (κ1) is 18.3. The van der Waals surface area contributed by atoms with Gasteiger partial charge in [0.2, 0.25) is 0 Å². The van der Waals surface area contributed by atoms with Crippen molar-refractivity contribution < 1.29 is 19.1 Å². The van der Waals surface area contributed by atoms with Crippen LogP contribution in [0, 0.1) is 5.92 Å². The standard InChI is InChI=1S/C16H28N2O4/c1-6-10-21-15(20)18-9-7-8-12(2)13(18)11-17-14(19)22-16(3,4)5/h6,12-13H,1,7-11H2,2-5H3,(H,17,19)/t12?,13-/m1/s1. The Balaban J connectivity index is 2.60. The summed E-state index contributed by atoms with van der Waals surface area (Å²) in [5.74, 6) is 0.292. The van der Waals surface area contributed by atoms with Crippen molar-refractivity contribution in [2.75, 3.05) is 19.7 Å². The van der Waals surface area contributed by atoms with Crippen molar-refractivity contribution in [2.24, 2.45) is 5.92 Å². The number of rotatable bonds is 4. The first-order chi connectivity index (χ1) is 10.2. The molecule has 22 heavy (non-hydrogen) atoms. The van der Waals surface area contributed by atoms with Crippen LogP contribution < -0.4 is 5.32 Å². The van der Waals surface area contributed by atoms with Crippen molar-refractivity contribution in [1.82, 2.24) is 10.2 Å². The van der Waals surface area contributed by atoms with Crippen LogP contribution in [0.1, 0.15) is 40.5 Å². The number of nitrogens with zero attached hydrogens (tertiary/aromatic N) is 1. The summed E-state index contributed by atoms with van der Waals surface area (Å²) in [6, 6.07) is -0.0846. The molecule has 1 saturated heterocycles. The number of amides is 2. The van der Waals surface area contributed by atoms with Crippen molar-refractivity contribution in [3.63, 3.8) is 0 Å². The number of hydrogen-bond acceptors (Lipinski definition) is 4. The van der Waals surface area contributed by atoms with Gasteiger partial charge in [-0.15, -0.1) is 0 Å². The van der Waals surface area contributed by atoms with Gasteiger partial charge >= 0.3 is 12.2 Å². The lowest BCUT2D eigenvalue weighted by Gasteiger charge is -2.39. The number of ether oxygens (including phenoxy) is 2. The van der Waals surface area contributed by atoms with E-state index in [0.717, 1.165) is 12.8 Å². The predicted octanol–water partition coefficient (Wildman–Crippen LogP) is 2.93. The fraction of sp³-hybridized carbons (Fsp3) is 0.750. The van der Waals surface area contributed by atoms with Crippen LogP contribution in [0.2, 0.25) is 0 Å². The van der Waals surface area contributed by atoms with Crippen molar-refractivity contribution in [3.8, 4) is 0 Å². The number of carbonyl (C=O) groups is 2.